The summed E-state index contributed by atoms with van der Waals surface area (Å²) in [5.74, 6) is 1.14. The summed E-state index contributed by atoms with van der Waals surface area (Å²) in [4.78, 5) is 7.75. The Labute approximate surface area is 173 Å². The SMILES string of the molecule is Cc1cccc2c(NCCCN)cc(N3CCS(O)(O)c4ccccc4C3)nc12. The van der Waals surface area contributed by atoms with E-state index in [1.165, 1.54) is 0 Å². The molecule has 3 aromatic rings. The molecule has 0 aliphatic carbocycles. The lowest BCUT2D eigenvalue weighted by Crippen LogP contribution is -2.26. The largest absolute Gasteiger partial charge is 0.384 e. The van der Waals surface area contributed by atoms with Crippen LogP contribution in [0.4, 0.5) is 11.5 Å². The van der Waals surface area contributed by atoms with Gasteiger partial charge in [-0.25, -0.2) is 4.98 Å². The normalized spacial score (nSPS) is 16.9. The maximum Gasteiger partial charge on any atom is 0.131 e. The maximum absolute atomic E-state index is 10.7. The van der Waals surface area contributed by atoms with E-state index >= 15 is 0 Å². The zero-order valence-electron chi connectivity index (χ0n) is 16.6. The summed E-state index contributed by atoms with van der Waals surface area (Å²) in [5, 5.41) is 4.59. The van der Waals surface area contributed by atoms with Gasteiger partial charge < -0.3 is 16.0 Å². The van der Waals surface area contributed by atoms with E-state index in [-0.39, 0.29) is 0 Å². The summed E-state index contributed by atoms with van der Waals surface area (Å²) in [7, 11) is -2.80. The molecular weight excluding hydrogens is 384 g/mol. The van der Waals surface area contributed by atoms with Gasteiger partial charge >= 0.3 is 0 Å². The Morgan fingerprint density at radius 3 is 2.83 bits per heavy atom. The van der Waals surface area contributed by atoms with Gasteiger partial charge in [0.2, 0.25) is 0 Å². The molecule has 7 heteroatoms. The molecule has 29 heavy (non-hydrogen) atoms. The van der Waals surface area contributed by atoms with E-state index in [0.717, 1.165) is 46.5 Å². The molecule has 0 bridgehead atoms. The van der Waals surface area contributed by atoms with Gasteiger partial charge in [0, 0.05) is 36.8 Å². The van der Waals surface area contributed by atoms with E-state index in [9.17, 15) is 9.11 Å². The molecule has 0 radical (unpaired) electrons. The number of nitrogens with zero attached hydrogens (tertiary/aromatic N) is 2. The van der Waals surface area contributed by atoms with Crippen LogP contribution in [0.15, 0.2) is 53.4 Å². The Morgan fingerprint density at radius 1 is 1.17 bits per heavy atom. The highest BCUT2D eigenvalue weighted by atomic mass is 32.3. The molecule has 1 aliphatic heterocycles. The van der Waals surface area contributed by atoms with Gasteiger partial charge in [0.25, 0.3) is 0 Å². The second kappa shape index (κ2) is 8.20. The van der Waals surface area contributed by atoms with Crippen LogP contribution < -0.4 is 16.0 Å². The van der Waals surface area contributed by atoms with Gasteiger partial charge in [0.15, 0.2) is 0 Å². The van der Waals surface area contributed by atoms with Crippen molar-refractivity contribution in [3.63, 3.8) is 0 Å². The Bertz CT molecular complexity index is 1020. The standard InChI is InChI=1S/C22H28N4O2S/c1-16-6-4-8-18-19(24-11-5-10-23)14-21(25-22(16)18)26-12-13-29(27,28)20-9-3-2-7-17(20)15-26/h2-4,6-9,14,27-28H,5,10-13,15,23H2,1H3,(H,24,25). The number of para-hydroxylation sites is 1. The third-order valence-electron chi connectivity index (χ3n) is 5.38. The lowest BCUT2D eigenvalue weighted by Gasteiger charge is -2.32. The molecule has 6 nitrogen and oxygen atoms in total. The van der Waals surface area contributed by atoms with Crippen molar-refractivity contribution in [3.05, 3.63) is 59.7 Å². The van der Waals surface area contributed by atoms with Crippen molar-refractivity contribution in [3.8, 4) is 0 Å². The molecule has 4 rings (SSSR count). The monoisotopic (exact) mass is 412 g/mol. The van der Waals surface area contributed by atoms with Crippen LogP contribution in [0, 0.1) is 6.92 Å². The van der Waals surface area contributed by atoms with Crippen LogP contribution >= 0.6 is 10.6 Å². The summed E-state index contributed by atoms with van der Waals surface area (Å²) in [6.45, 7) is 4.63. The average Bonchev–Trinajstić information content (AvgIpc) is 2.85. The third kappa shape index (κ3) is 4.04. The van der Waals surface area contributed by atoms with Crippen LogP contribution in [0.25, 0.3) is 10.9 Å². The van der Waals surface area contributed by atoms with Gasteiger partial charge in [-0.2, -0.15) is 10.6 Å². The van der Waals surface area contributed by atoms with Crippen LogP contribution in [-0.4, -0.2) is 39.5 Å². The van der Waals surface area contributed by atoms with Crippen molar-refractivity contribution in [2.24, 2.45) is 5.73 Å². The molecule has 0 atom stereocenters. The Balaban J connectivity index is 1.76. The first-order valence-electron chi connectivity index (χ1n) is 9.93. The first-order valence-corrected chi connectivity index (χ1v) is 11.6. The molecule has 0 spiro atoms. The zero-order chi connectivity index (χ0) is 20.4. The summed E-state index contributed by atoms with van der Waals surface area (Å²) in [6, 6.07) is 15.9. The highest BCUT2D eigenvalue weighted by Gasteiger charge is 2.26. The number of rotatable bonds is 5. The van der Waals surface area contributed by atoms with Gasteiger partial charge in [0.1, 0.15) is 5.82 Å². The molecule has 154 valence electrons. The average molecular weight is 413 g/mol. The van der Waals surface area contributed by atoms with Gasteiger partial charge in [0.05, 0.1) is 16.2 Å². The number of hydrogen-bond acceptors (Lipinski definition) is 6. The van der Waals surface area contributed by atoms with Gasteiger partial charge in [-0.15, -0.1) is 0 Å². The second-order valence-corrected chi connectivity index (χ2v) is 9.65. The van der Waals surface area contributed by atoms with Crippen molar-refractivity contribution in [2.75, 3.05) is 35.6 Å². The van der Waals surface area contributed by atoms with Crippen molar-refractivity contribution in [1.82, 2.24) is 4.98 Å². The van der Waals surface area contributed by atoms with E-state index in [4.69, 9.17) is 10.7 Å². The van der Waals surface area contributed by atoms with Crippen LogP contribution in [-0.2, 0) is 6.54 Å². The number of nitrogens with one attached hydrogen (secondary N) is 1. The molecule has 0 saturated carbocycles. The molecule has 2 heterocycles. The smallest absolute Gasteiger partial charge is 0.131 e. The van der Waals surface area contributed by atoms with Gasteiger partial charge in [-0.1, -0.05) is 36.4 Å². The van der Waals surface area contributed by atoms with Crippen LogP contribution in [0.5, 0.6) is 0 Å². The quantitative estimate of drug-likeness (QED) is 0.463. The number of aromatic nitrogens is 1. The number of aryl methyl sites for hydroxylation is 1. The highest BCUT2D eigenvalue weighted by molar-refractivity contribution is 8.24. The van der Waals surface area contributed by atoms with Crippen LogP contribution in [0.2, 0.25) is 0 Å². The Kier molecular flexibility index (Phi) is 5.65. The fourth-order valence-corrected chi connectivity index (χ4v) is 5.34. The van der Waals surface area contributed by atoms with Gasteiger partial charge in [-0.05, 0) is 37.1 Å². The molecular formula is C22H28N4O2S. The predicted octanol–water partition coefficient (Wildman–Crippen LogP) is 4.43. The number of benzene rings is 2. The Hall–Kier alpha value is -2.32. The number of pyridine rings is 1. The topological polar surface area (TPSA) is 94.6 Å². The summed E-state index contributed by atoms with van der Waals surface area (Å²) < 4.78 is 21.3. The van der Waals surface area contributed by atoms with E-state index in [1.807, 2.05) is 30.3 Å². The van der Waals surface area contributed by atoms with Gasteiger partial charge in [-0.3, -0.25) is 9.11 Å². The minimum Gasteiger partial charge on any atom is -0.384 e. The molecule has 0 unspecified atom stereocenters. The molecule has 1 aromatic heterocycles. The number of anilines is 2. The maximum atomic E-state index is 10.7. The van der Waals surface area contributed by atoms with Crippen molar-refractivity contribution in [1.29, 1.82) is 0 Å². The molecule has 0 saturated heterocycles. The lowest BCUT2D eigenvalue weighted by molar-refractivity contribution is 0.488. The van der Waals surface area contributed by atoms with Crippen molar-refractivity contribution < 1.29 is 9.11 Å². The van der Waals surface area contributed by atoms with E-state index < -0.39 is 10.6 Å². The zero-order valence-corrected chi connectivity index (χ0v) is 17.5. The fraction of sp³-hybridized carbons (Fsp3) is 0.318. The number of nitrogens with two attached hydrogens (primary N) is 1. The predicted molar refractivity (Wildman–Crippen MR) is 122 cm³/mol. The number of fused-ring (bicyclic) bond motifs is 2. The summed E-state index contributed by atoms with van der Waals surface area (Å²) in [6.07, 6.45) is 0.892. The highest BCUT2D eigenvalue weighted by Crippen LogP contribution is 2.51. The molecule has 1 aliphatic rings. The van der Waals surface area contributed by atoms with E-state index in [1.54, 1.807) is 0 Å². The summed E-state index contributed by atoms with van der Waals surface area (Å²) in [5.41, 5.74) is 9.71. The van der Waals surface area contributed by atoms with Crippen LogP contribution in [0.1, 0.15) is 17.5 Å². The Morgan fingerprint density at radius 2 is 2.00 bits per heavy atom. The lowest BCUT2D eigenvalue weighted by atomic mass is 10.1. The van der Waals surface area contributed by atoms with Crippen molar-refractivity contribution in [2.45, 2.75) is 24.8 Å². The first kappa shape index (κ1) is 20.0. The van der Waals surface area contributed by atoms with E-state index in [2.05, 4.69) is 35.3 Å². The fourth-order valence-electron chi connectivity index (χ4n) is 3.79. The number of hydrogen-bond donors (Lipinski definition) is 4. The van der Waals surface area contributed by atoms with E-state index in [0.29, 0.717) is 30.3 Å². The molecule has 0 amide bonds. The summed E-state index contributed by atoms with van der Waals surface area (Å²) >= 11 is 0. The second-order valence-electron chi connectivity index (χ2n) is 7.47. The van der Waals surface area contributed by atoms with Crippen LogP contribution in [0.3, 0.4) is 0 Å². The molecule has 2 aromatic carbocycles. The molecule has 0 fully saturated rings. The third-order valence-corrected chi connectivity index (χ3v) is 7.23. The minimum atomic E-state index is -2.80. The van der Waals surface area contributed by atoms with Crippen molar-refractivity contribution >= 4 is 33.0 Å². The first-order chi connectivity index (χ1) is 14.0. The minimum absolute atomic E-state index is 0.299. The molecule has 5 N–H and O–H groups in total.